The third-order valence-electron chi connectivity index (χ3n) is 5.32. The molecule has 1 saturated carbocycles. The summed E-state index contributed by atoms with van der Waals surface area (Å²) in [6, 6.07) is 8.53. The topological polar surface area (TPSA) is 41.9 Å². The Balaban J connectivity index is 1.63. The minimum absolute atomic E-state index is 0.279. The van der Waals surface area contributed by atoms with E-state index in [-0.39, 0.29) is 6.61 Å². The van der Waals surface area contributed by atoms with Gasteiger partial charge in [-0.1, -0.05) is 43.9 Å². The van der Waals surface area contributed by atoms with Gasteiger partial charge < -0.3 is 14.6 Å². The third-order valence-corrected chi connectivity index (χ3v) is 5.32. The van der Waals surface area contributed by atoms with Crippen LogP contribution >= 0.6 is 0 Å². The van der Waals surface area contributed by atoms with Gasteiger partial charge in [-0.05, 0) is 31.4 Å². The molecule has 1 atom stereocenters. The maximum absolute atomic E-state index is 11.1. The molecule has 2 fully saturated rings. The summed E-state index contributed by atoms with van der Waals surface area (Å²) in [5.74, 6) is 0.844. The Hall–Kier alpha value is -1.10. The summed E-state index contributed by atoms with van der Waals surface area (Å²) in [4.78, 5) is 2.44. The zero-order valence-corrected chi connectivity index (χ0v) is 14.9. The first kappa shape index (κ1) is 17.7. The van der Waals surface area contributed by atoms with Crippen molar-refractivity contribution in [2.24, 2.45) is 0 Å². The molecule has 4 heteroatoms. The van der Waals surface area contributed by atoms with Gasteiger partial charge in [-0.3, -0.25) is 4.90 Å². The van der Waals surface area contributed by atoms with E-state index in [0.29, 0.717) is 25.8 Å². The molecule has 1 saturated heterocycles. The lowest BCUT2D eigenvalue weighted by Gasteiger charge is -2.35. The largest absolute Gasteiger partial charge is 0.490 e. The molecule has 0 bridgehead atoms. The van der Waals surface area contributed by atoms with Gasteiger partial charge in [0.25, 0.3) is 0 Å². The summed E-state index contributed by atoms with van der Waals surface area (Å²) in [6.45, 7) is 4.91. The number of aryl methyl sites for hydroxylation is 1. The second-order valence-electron chi connectivity index (χ2n) is 7.45. The van der Waals surface area contributed by atoms with Crippen molar-refractivity contribution in [2.75, 3.05) is 32.9 Å². The number of para-hydroxylation sites is 1. The van der Waals surface area contributed by atoms with Crippen LogP contribution in [0.25, 0.3) is 0 Å². The molecule has 0 amide bonds. The number of hydrogen-bond donors (Lipinski definition) is 1. The highest BCUT2D eigenvalue weighted by molar-refractivity contribution is 5.31. The minimum atomic E-state index is -0.939. The molecule has 2 aliphatic rings. The Morgan fingerprint density at radius 1 is 1.21 bits per heavy atom. The molecule has 0 aromatic heterocycles. The van der Waals surface area contributed by atoms with Crippen molar-refractivity contribution in [2.45, 2.75) is 57.1 Å². The molecular formula is C20H31NO3. The van der Waals surface area contributed by atoms with Crippen LogP contribution in [0.5, 0.6) is 5.75 Å². The molecular weight excluding hydrogens is 302 g/mol. The van der Waals surface area contributed by atoms with Gasteiger partial charge in [-0.25, -0.2) is 0 Å². The first-order valence-corrected chi connectivity index (χ1v) is 9.39. The molecule has 0 spiro atoms. The van der Waals surface area contributed by atoms with Crippen molar-refractivity contribution in [3.8, 4) is 5.75 Å². The van der Waals surface area contributed by atoms with Crippen molar-refractivity contribution in [1.82, 2.24) is 4.90 Å². The summed E-state index contributed by atoms with van der Waals surface area (Å²) in [7, 11) is 0. The van der Waals surface area contributed by atoms with Crippen LogP contribution < -0.4 is 4.74 Å². The number of nitrogens with zero attached hydrogens (tertiary/aromatic N) is 1. The van der Waals surface area contributed by atoms with Crippen LogP contribution in [0, 0.1) is 6.92 Å². The molecule has 134 valence electrons. The lowest BCUT2D eigenvalue weighted by molar-refractivity contribution is -0.0676. The highest BCUT2D eigenvalue weighted by atomic mass is 16.5. The van der Waals surface area contributed by atoms with Crippen molar-refractivity contribution in [3.63, 3.8) is 0 Å². The number of rotatable bonds is 4. The summed E-state index contributed by atoms with van der Waals surface area (Å²) in [6.07, 6.45) is 7.80. The molecule has 1 aromatic rings. The molecule has 1 aliphatic heterocycles. The monoisotopic (exact) mass is 333 g/mol. The third kappa shape index (κ3) is 4.71. The van der Waals surface area contributed by atoms with Crippen LogP contribution in [0.4, 0.5) is 0 Å². The maximum Gasteiger partial charge on any atom is 0.134 e. The molecule has 4 nitrogen and oxygen atoms in total. The van der Waals surface area contributed by atoms with Gasteiger partial charge in [-0.2, -0.15) is 0 Å². The van der Waals surface area contributed by atoms with E-state index >= 15 is 0 Å². The predicted molar refractivity (Wildman–Crippen MR) is 95.5 cm³/mol. The number of benzene rings is 1. The fraction of sp³-hybridized carbons (Fsp3) is 0.700. The average Bonchev–Trinajstić information content (AvgIpc) is 2.95. The lowest BCUT2D eigenvalue weighted by atomic mass is 10.0. The van der Waals surface area contributed by atoms with Crippen LogP contribution in [0.2, 0.25) is 0 Å². The Kier molecular flexibility index (Phi) is 6.14. The van der Waals surface area contributed by atoms with E-state index in [9.17, 15) is 5.11 Å². The number of aliphatic hydroxyl groups is 1. The van der Waals surface area contributed by atoms with Gasteiger partial charge in [-0.15, -0.1) is 0 Å². The highest BCUT2D eigenvalue weighted by Crippen LogP contribution is 2.26. The van der Waals surface area contributed by atoms with E-state index in [1.807, 2.05) is 31.2 Å². The molecule has 24 heavy (non-hydrogen) atoms. The lowest BCUT2D eigenvalue weighted by Crippen LogP contribution is -2.51. The van der Waals surface area contributed by atoms with E-state index < -0.39 is 5.60 Å². The quantitative estimate of drug-likeness (QED) is 0.860. The standard InChI is InChI=1S/C20H31NO3/c1-17-8-6-7-11-19(17)24-16-20(22)14-21(12-13-23-15-20)18-9-4-2-3-5-10-18/h6-8,11,18,22H,2-5,9-10,12-16H2,1H3/t20-/m1/s1. The van der Waals surface area contributed by atoms with E-state index in [2.05, 4.69) is 4.90 Å². The molecule has 0 radical (unpaired) electrons. The van der Waals surface area contributed by atoms with E-state index in [1.165, 1.54) is 38.5 Å². The van der Waals surface area contributed by atoms with Gasteiger partial charge in [0.05, 0.1) is 13.2 Å². The number of ether oxygens (including phenoxy) is 2. The van der Waals surface area contributed by atoms with Crippen molar-refractivity contribution < 1.29 is 14.6 Å². The average molecular weight is 333 g/mol. The van der Waals surface area contributed by atoms with Crippen LogP contribution in [0.1, 0.15) is 44.1 Å². The summed E-state index contributed by atoms with van der Waals surface area (Å²) < 4.78 is 11.6. The smallest absolute Gasteiger partial charge is 0.134 e. The first-order chi connectivity index (χ1) is 11.7. The van der Waals surface area contributed by atoms with Gasteiger partial charge in [0.15, 0.2) is 0 Å². The Labute approximate surface area is 145 Å². The molecule has 1 heterocycles. The predicted octanol–water partition coefficient (Wildman–Crippen LogP) is 3.16. The Morgan fingerprint density at radius 2 is 1.96 bits per heavy atom. The molecule has 3 rings (SSSR count). The molecule has 1 aromatic carbocycles. The van der Waals surface area contributed by atoms with Gasteiger partial charge >= 0.3 is 0 Å². The summed E-state index contributed by atoms with van der Waals surface area (Å²) in [5, 5.41) is 11.1. The van der Waals surface area contributed by atoms with Gasteiger partial charge in [0.1, 0.15) is 18.0 Å². The summed E-state index contributed by atoms with van der Waals surface area (Å²) in [5.41, 5.74) is 0.154. The molecule has 1 aliphatic carbocycles. The summed E-state index contributed by atoms with van der Waals surface area (Å²) >= 11 is 0. The normalized spacial score (nSPS) is 27.4. The van der Waals surface area contributed by atoms with Crippen molar-refractivity contribution >= 4 is 0 Å². The van der Waals surface area contributed by atoms with Crippen LogP contribution in [-0.2, 0) is 4.74 Å². The van der Waals surface area contributed by atoms with E-state index in [4.69, 9.17) is 9.47 Å². The molecule has 1 N–H and O–H groups in total. The second-order valence-corrected chi connectivity index (χ2v) is 7.45. The fourth-order valence-corrected chi connectivity index (χ4v) is 3.90. The van der Waals surface area contributed by atoms with E-state index in [0.717, 1.165) is 17.9 Å². The first-order valence-electron chi connectivity index (χ1n) is 9.39. The Bertz CT molecular complexity index is 513. The van der Waals surface area contributed by atoms with Crippen LogP contribution in [0.3, 0.4) is 0 Å². The van der Waals surface area contributed by atoms with Crippen molar-refractivity contribution in [3.05, 3.63) is 29.8 Å². The minimum Gasteiger partial charge on any atom is -0.490 e. The zero-order chi connectivity index (χ0) is 16.8. The maximum atomic E-state index is 11.1. The zero-order valence-electron chi connectivity index (χ0n) is 14.9. The number of β-amino-alcohol motifs (C(OH)–C–C–N with tert-alkyl or cyclic N) is 1. The second kappa shape index (κ2) is 8.32. The van der Waals surface area contributed by atoms with Crippen LogP contribution in [0.15, 0.2) is 24.3 Å². The SMILES string of the molecule is Cc1ccccc1OC[C@]1(O)COCCN(C2CCCCCC2)C1. The number of hydrogen-bond acceptors (Lipinski definition) is 4. The Morgan fingerprint density at radius 3 is 2.71 bits per heavy atom. The fourth-order valence-electron chi connectivity index (χ4n) is 3.90. The van der Waals surface area contributed by atoms with E-state index in [1.54, 1.807) is 0 Å². The van der Waals surface area contributed by atoms with Crippen LogP contribution in [-0.4, -0.2) is 54.6 Å². The van der Waals surface area contributed by atoms with Gasteiger partial charge in [0, 0.05) is 19.1 Å². The molecule has 0 unspecified atom stereocenters. The van der Waals surface area contributed by atoms with Crippen molar-refractivity contribution in [1.29, 1.82) is 0 Å². The highest BCUT2D eigenvalue weighted by Gasteiger charge is 2.36. The van der Waals surface area contributed by atoms with Gasteiger partial charge in [0.2, 0.25) is 0 Å².